The third kappa shape index (κ3) is 3.61. The first-order valence-electron chi connectivity index (χ1n) is 7.76. The Bertz CT molecular complexity index is 846. The summed E-state index contributed by atoms with van der Waals surface area (Å²) in [6.45, 7) is 8.06. The fourth-order valence-corrected chi connectivity index (χ4v) is 2.05. The quantitative estimate of drug-likeness (QED) is 0.644. The van der Waals surface area contributed by atoms with Crippen molar-refractivity contribution in [2.24, 2.45) is 12.5 Å². The molecule has 0 aliphatic rings. The Labute approximate surface area is 140 Å². The summed E-state index contributed by atoms with van der Waals surface area (Å²) in [5, 5.41) is 18.4. The monoisotopic (exact) mass is 332 g/mol. The van der Waals surface area contributed by atoms with E-state index in [0.29, 0.717) is 5.69 Å². The number of nitrogens with one attached hydrogen (secondary N) is 3. The minimum Gasteiger partial charge on any atom is -0.506 e. The van der Waals surface area contributed by atoms with Crippen molar-refractivity contribution >= 4 is 17.1 Å². The number of hydrogen-bond donors (Lipinski definition) is 4. The summed E-state index contributed by atoms with van der Waals surface area (Å²) < 4.78 is 1.11. The molecule has 2 aromatic rings. The van der Waals surface area contributed by atoms with Crippen molar-refractivity contribution in [1.29, 1.82) is 0 Å². The van der Waals surface area contributed by atoms with Crippen LogP contribution in [0, 0.1) is 5.41 Å². The first-order chi connectivity index (χ1) is 11.1. The molecule has 1 aromatic heterocycles. The van der Waals surface area contributed by atoms with E-state index in [1.807, 2.05) is 27.7 Å². The molecule has 1 heterocycles. The second-order valence-electron chi connectivity index (χ2n) is 6.93. The molecule has 0 spiro atoms. The van der Waals surface area contributed by atoms with Crippen molar-refractivity contribution in [2.45, 2.75) is 33.7 Å². The van der Waals surface area contributed by atoms with Crippen LogP contribution in [0.15, 0.2) is 33.9 Å². The molecule has 0 fully saturated rings. The van der Waals surface area contributed by atoms with Gasteiger partial charge in [-0.05, 0) is 24.5 Å². The lowest BCUT2D eigenvalue weighted by Gasteiger charge is -2.29. The van der Waals surface area contributed by atoms with Crippen LogP contribution in [0.5, 0.6) is 5.75 Å². The first kappa shape index (κ1) is 17.7. The molecule has 1 aromatic carbocycles. The number of nitrogens with zero attached hydrogens (tertiary/aromatic N) is 1. The molecule has 0 amide bonds. The molecule has 0 bridgehead atoms. The van der Waals surface area contributed by atoms with E-state index in [2.05, 4.69) is 15.7 Å². The van der Waals surface area contributed by atoms with Gasteiger partial charge in [0, 0.05) is 13.1 Å². The standard InChI is InChI=1S/C17H24N4O3/c1-10(17(2,3)4)18-13-14(16(24)21(5)20-15(13)23)19-11-8-6-7-9-12(11)22/h6-10,18-19,22H,1-5H3,(H,20,23)/t10-/m0/s1. The van der Waals surface area contributed by atoms with E-state index >= 15 is 0 Å². The number of phenols is 1. The molecule has 0 radical (unpaired) electrons. The molecule has 4 N–H and O–H groups in total. The lowest BCUT2D eigenvalue weighted by molar-refractivity contribution is 0.359. The predicted octanol–water partition coefficient (Wildman–Crippen LogP) is 2.37. The number of aromatic amines is 1. The second kappa shape index (κ2) is 6.43. The average Bonchev–Trinajstić information content (AvgIpc) is 2.49. The summed E-state index contributed by atoms with van der Waals surface area (Å²) in [6.07, 6.45) is 0. The van der Waals surface area contributed by atoms with Gasteiger partial charge in [0.15, 0.2) is 0 Å². The topological polar surface area (TPSA) is 99.1 Å². The van der Waals surface area contributed by atoms with Crippen LogP contribution in [-0.2, 0) is 7.05 Å². The summed E-state index contributed by atoms with van der Waals surface area (Å²) in [4.78, 5) is 24.9. The average molecular weight is 332 g/mol. The molecule has 0 aliphatic heterocycles. The summed E-state index contributed by atoms with van der Waals surface area (Å²) in [5.41, 5.74) is -0.318. The number of anilines is 3. The van der Waals surface area contributed by atoms with Gasteiger partial charge < -0.3 is 15.7 Å². The lowest BCUT2D eigenvalue weighted by atomic mass is 9.88. The zero-order chi connectivity index (χ0) is 18.1. The van der Waals surface area contributed by atoms with Gasteiger partial charge in [-0.1, -0.05) is 32.9 Å². The van der Waals surface area contributed by atoms with E-state index < -0.39 is 11.1 Å². The Balaban J connectivity index is 2.55. The summed E-state index contributed by atoms with van der Waals surface area (Å²) in [6, 6.07) is 6.48. The second-order valence-corrected chi connectivity index (χ2v) is 6.93. The third-order valence-electron chi connectivity index (χ3n) is 4.09. The molecular weight excluding hydrogens is 308 g/mol. The number of H-pyrrole nitrogens is 1. The van der Waals surface area contributed by atoms with Crippen molar-refractivity contribution in [3.8, 4) is 5.75 Å². The third-order valence-corrected chi connectivity index (χ3v) is 4.09. The van der Waals surface area contributed by atoms with Crippen LogP contribution in [0.2, 0.25) is 0 Å². The van der Waals surface area contributed by atoms with Crippen LogP contribution in [-0.4, -0.2) is 20.9 Å². The fourth-order valence-electron chi connectivity index (χ4n) is 2.05. The predicted molar refractivity (Wildman–Crippen MR) is 96.2 cm³/mol. The highest BCUT2D eigenvalue weighted by molar-refractivity contribution is 5.75. The van der Waals surface area contributed by atoms with Crippen molar-refractivity contribution in [2.75, 3.05) is 10.6 Å². The van der Waals surface area contributed by atoms with Crippen LogP contribution in [0.3, 0.4) is 0 Å². The van der Waals surface area contributed by atoms with Crippen LogP contribution < -0.4 is 21.8 Å². The molecule has 0 saturated heterocycles. The van der Waals surface area contributed by atoms with Gasteiger partial charge in [0.1, 0.15) is 17.1 Å². The molecule has 0 saturated carbocycles. The number of aromatic nitrogens is 2. The van der Waals surface area contributed by atoms with Crippen molar-refractivity contribution in [3.05, 3.63) is 45.0 Å². The van der Waals surface area contributed by atoms with Crippen molar-refractivity contribution in [1.82, 2.24) is 9.78 Å². The first-order valence-corrected chi connectivity index (χ1v) is 7.76. The van der Waals surface area contributed by atoms with Gasteiger partial charge in [0.05, 0.1) is 5.69 Å². The van der Waals surface area contributed by atoms with Crippen molar-refractivity contribution in [3.63, 3.8) is 0 Å². The van der Waals surface area contributed by atoms with Crippen LogP contribution >= 0.6 is 0 Å². The van der Waals surface area contributed by atoms with Crippen LogP contribution in [0.4, 0.5) is 17.1 Å². The lowest BCUT2D eigenvalue weighted by Crippen LogP contribution is -2.37. The zero-order valence-electron chi connectivity index (χ0n) is 14.6. The van der Waals surface area contributed by atoms with Gasteiger partial charge in [-0.15, -0.1) is 0 Å². The Kier molecular flexibility index (Phi) is 4.73. The van der Waals surface area contributed by atoms with Gasteiger partial charge in [-0.25, -0.2) is 0 Å². The molecule has 7 heteroatoms. The number of para-hydroxylation sites is 2. The number of phenolic OH excluding ortho intramolecular Hbond substituents is 1. The normalized spacial score (nSPS) is 12.7. The van der Waals surface area contributed by atoms with E-state index in [1.54, 1.807) is 18.2 Å². The SMILES string of the molecule is C[C@H](Nc1c(Nc2ccccc2O)c(=O)n(C)[nH]c1=O)C(C)(C)C. The molecule has 130 valence electrons. The summed E-state index contributed by atoms with van der Waals surface area (Å²) in [7, 11) is 1.47. The van der Waals surface area contributed by atoms with Gasteiger partial charge in [0.25, 0.3) is 11.1 Å². The minimum absolute atomic E-state index is 0.00495. The summed E-state index contributed by atoms with van der Waals surface area (Å²) >= 11 is 0. The number of aromatic hydroxyl groups is 1. The van der Waals surface area contributed by atoms with Gasteiger partial charge in [0.2, 0.25) is 0 Å². The van der Waals surface area contributed by atoms with Gasteiger partial charge >= 0.3 is 0 Å². The zero-order valence-corrected chi connectivity index (χ0v) is 14.6. The Hall–Kier alpha value is -2.70. The van der Waals surface area contributed by atoms with E-state index in [0.717, 1.165) is 4.68 Å². The molecule has 7 nitrogen and oxygen atoms in total. The molecule has 2 rings (SSSR count). The van der Waals surface area contributed by atoms with Gasteiger partial charge in [-0.2, -0.15) is 0 Å². The number of aryl methyl sites for hydroxylation is 1. The van der Waals surface area contributed by atoms with Crippen LogP contribution in [0.1, 0.15) is 27.7 Å². The van der Waals surface area contributed by atoms with E-state index in [1.165, 1.54) is 13.1 Å². The highest BCUT2D eigenvalue weighted by atomic mass is 16.3. The smallest absolute Gasteiger partial charge is 0.290 e. The Morgan fingerprint density at radius 2 is 1.79 bits per heavy atom. The molecular formula is C17H24N4O3. The molecule has 0 unspecified atom stereocenters. The molecule has 1 atom stereocenters. The summed E-state index contributed by atoms with van der Waals surface area (Å²) in [5.74, 6) is -0.00495. The van der Waals surface area contributed by atoms with Crippen molar-refractivity contribution < 1.29 is 5.11 Å². The number of rotatable bonds is 4. The fraction of sp³-hybridized carbons (Fsp3) is 0.412. The number of benzene rings is 1. The Morgan fingerprint density at radius 3 is 2.38 bits per heavy atom. The van der Waals surface area contributed by atoms with Crippen LogP contribution in [0.25, 0.3) is 0 Å². The highest BCUT2D eigenvalue weighted by Gasteiger charge is 2.23. The largest absolute Gasteiger partial charge is 0.506 e. The maximum absolute atomic E-state index is 12.5. The minimum atomic E-state index is -0.411. The van der Waals surface area contributed by atoms with E-state index in [-0.39, 0.29) is 28.6 Å². The number of hydrogen-bond acceptors (Lipinski definition) is 5. The van der Waals surface area contributed by atoms with E-state index in [9.17, 15) is 14.7 Å². The maximum atomic E-state index is 12.5. The van der Waals surface area contributed by atoms with E-state index in [4.69, 9.17) is 0 Å². The maximum Gasteiger partial charge on any atom is 0.290 e. The van der Waals surface area contributed by atoms with Gasteiger partial charge in [-0.3, -0.25) is 19.4 Å². The molecule has 0 aliphatic carbocycles. The molecule has 24 heavy (non-hydrogen) atoms. The highest BCUT2D eigenvalue weighted by Crippen LogP contribution is 2.28. The Morgan fingerprint density at radius 1 is 1.17 bits per heavy atom.